The lowest BCUT2D eigenvalue weighted by molar-refractivity contribution is 0.0565. The van der Waals surface area contributed by atoms with Gasteiger partial charge in [0.25, 0.3) is 0 Å². The van der Waals surface area contributed by atoms with E-state index in [0.717, 1.165) is 11.1 Å². The molecule has 90 valence electrons. The Kier molecular flexibility index (Phi) is 3.15. The van der Waals surface area contributed by atoms with Crippen molar-refractivity contribution in [1.29, 1.82) is 0 Å². The zero-order chi connectivity index (χ0) is 12.4. The summed E-state index contributed by atoms with van der Waals surface area (Å²) in [4.78, 5) is 13.1. The first-order valence-corrected chi connectivity index (χ1v) is 5.63. The Balaban J connectivity index is 2.23. The third kappa shape index (κ3) is 2.31. The van der Waals surface area contributed by atoms with E-state index in [1.807, 2.05) is 44.2 Å². The molecule has 0 fully saturated rings. The minimum atomic E-state index is -0.921. The Morgan fingerprint density at radius 3 is 2.82 bits per heavy atom. The van der Waals surface area contributed by atoms with Crippen LogP contribution in [0.5, 0.6) is 0 Å². The van der Waals surface area contributed by atoms with Gasteiger partial charge in [0.1, 0.15) is 0 Å². The molecule has 1 atom stereocenters. The van der Waals surface area contributed by atoms with Crippen molar-refractivity contribution in [2.45, 2.75) is 26.1 Å². The highest BCUT2D eigenvalue weighted by Gasteiger charge is 2.25. The number of aliphatic hydroxyl groups excluding tert-OH is 1. The number of hydrogen-bond donors (Lipinski definition) is 2. The molecule has 1 aromatic carbocycles. The molecule has 2 amide bonds. The SMILES string of the molecule is CC(C)NC(=O)N1C=Cc2ccccc2C1O. The Morgan fingerprint density at radius 1 is 1.41 bits per heavy atom. The van der Waals surface area contributed by atoms with Gasteiger partial charge in [-0.1, -0.05) is 24.3 Å². The molecule has 0 saturated heterocycles. The van der Waals surface area contributed by atoms with Crippen molar-refractivity contribution in [3.8, 4) is 0 Å². The minimum absolute atomic E-state index is 0.0419. The topological polar surface area (TPSA) is 52.6 Å². The molecule has 0 aromatic heterocycles. The van der Waals surface area contributed by atoms with E-state index in [2.05, 4.69) is 5.32 Å². The maximum absolute atomic E-state index is 11.8. The summed E-state index contributed by atoms with van der Waals surface area (Å²) >= 11 is 0. The maximum Gasteiger partial charge on any atom is 0.324 e. The van der Waals surface area contributed by atoms with Crippen LogP contribution >= 0.6 is 0 Å². The van der Waals surface area contributed by atoms with Crippen LogP contribution < -0.4 is 5.32 Å². The number of carbonyl (C=O) groups is 1. The fourth-order valence-electron chi connectivity index (χ4n) is 1.79. The molecule has 1 unspecified atom stereocenters. The van der Waals surface area contributed by atoms with E-state index in [0.29, 0.717) is 0 Å². The highest BCUT2D eigenvalue weighted by atomic mass is 16.3. The molecule has 4 heteroatoms. The molecule has 0 spiro atoms. The van der Waals surface area contributed by atoms with Crippen molar-refractivity contribution >= 4 is 12.1 Å². The normalized spacial score (nSPS) is 18.1. The van der Waals surface area contributed by atoms with Crippen molar-refractivity contribution in [1.82, 2.24) is 10.2 Å². The molecule has 4 nitrogen and oxygen atoms in total. The second kappa shape index (κ2) is 4.59. The largest absolute Gasteiger partial charge is 0.369 e. The molecular formula is C13H16N2O2. The number of aliphatic hydroxyl groups is 1. The van der Waals surface area contributed by atoms with E-state index in [4.69, 9.17) is 0 Å². The molecule has 1 aliphatic rings. The lowest BCUT2D eigenvalue weighted by atomic mass is 10.0. The lowest BCUT2D eigenvalue weighted by Gasteiger charge is -2.30. The van der Waals surface area contributed by atoms with Crippen molar-refractivity contribution in [2.75, 3.05) is 0 Å². The van der Waals surface area contributed by atoms with Crippen molar-refractivity contribution in [3.63, 3.8) is 0 Å². The molecular weight excluding hydrogens is 216 g/mol. The monoisotopic (exact) mass is 232 g/mol. The van der Waals surface area contributed by atoms with Crippen LogP contribution in [-0.2, 0) is 0 Å². The standard InChI is InChI=1S/C13H16N2O2/c1-9(2)14-13(17)15-8-7-10-5-3-4-6-11(10)12(15)16/h3-9,12,16H,1-2H3,(H,14,17). The number of hydrogen-bond acceptors (Lipinski definition) is 2. The van der Waals surface area contributed by atoms with Crippen LogP contribution in [0.25, 0.3) is 6.08 Å². The van der Waals surface area contributed by atoms with Gasteiger partial charge in [-0.05, 0) is 25.5 Å². The van der Waals surface area contributed by atoms with Gasteiger partial charge in [-0.2, -0.15) is 0 Å². The van der Waals surface area contributed by atoms with Crippen molar-refractivity contribution in [2.24, 2.45) is 0 Å². The third-order valence-corrected chi connectivity index (χ3v) is 2.60. The number of urea groups is 1. The molecule has 1 heterocycles. The average molecular weight is 232 g/mol. The maximum atomic E-state index is 11.8. The van der Waals surface area contributed by atoms with Gasteiger partial charge in [0.05, 0.1) is 0 Å². The zero-order valence-electron chi connectivity index (χ0n) is 9.92. The molecule has 0 saturated carbocycles. The van der Waals surface area contributed by atoms with Crippen molar-refractivity contribution < 1.29 is 9.90 Å². The Labute approximate surface area is 101 Å². The number of nitrogens with one attached hydrogen (secondary N) is 1. The minimum Gasteiger partial charge on any atom is -0.369 e. The number of benzene rings is 1. The van der Waals surface area contributed by atoms with E-state index >= 15 is 0 Å². The number of carbonyl (C=O) groups excluding carboxylic acids is 1. The predicted octanol–water partition coefficient (Wildman–Crippen LogP) is 2.08. The quantitative estimate of drug-likeness (QED) is 0.779. The van der Waals surface area contributed by atoms with Gasteiger partial charge in [0.15, 0.2) is 6.23 Å². The Bertz CT molecular complexity index is 454. The van der Waals surface area contributed by atoms with Gasteiger partial charge >= 0.3 is 6.03 Å². The van der Waals surface area contributed by atoms with Gasteiger partial charge in [0.2, 0.25) is 0 Å². The molecule has 0 radical (unpaired) electrons. The summed E-state index contributed by atoms with van der Waals surface area (Å²) in [5, 5.41) is 12.9. The molecule has 1 aliphatic heterocycles. The molecule has 17 heavy (non-hydrogen) atoms. The average Bonchev–Trinajstić information content (AvgIpc) is 2.28. The zero-order valence-corrected chi connectivity index (χ0v) is 9.92. The van der Waals surface area contributed by atoms with Crippen LogP contribution in [0, 0.1) is 0 Å². The predicted molar refractivity (Wildman–Crippen MR) is 65.9 cm³/mol. The fourth-order valence-corrected chi connectivity index (χ4v) is 1.79. The number of nitrogens with zero attached hydrogens (tertiary/aromatic N) is 1. The van der Waals surface area contributed by atoms with Gasteiger partial charge in [-0.3, -0.25) is 4.90 Å². The van der Waals surface area contributed by atoms with Gasteiger partial charge in [-0.25, -0.2) is 4.79 Å². The van der Waals surface area contributed by atoms with Crippen molar-refractivity contribution in [3.05, 3.63) is 41.6 Å². The molecule has 1 aromatic rings. The second-order valence-electron chi connectivity index (χ2n) is 4.33. The molecule has 0 bridgehead atoms. The summed E-state index contributed by atoms with van der Waals surface area (Å²) in [6.45, 7) is 3.76. The fraction of sp³-hybridized carbons (Fsp3) is 0.308. The molecule has 0 aliphatic carbocycles. The number of fused-ring (bicyclic) bond motifs is 1. The Hall–Kier alpha value is -1.81. The highest BCUT2D eigenvalue weighted by molar-refractivity contribution is 5.78. The Morgan fingerprint density at radius 2 is 2.12 bits per heavy atom. The summed E-state index contributed by atoms with van der Waals surface area (Å²) in [7, 11) is 0. The van der Waals surface area contributed by atoms with Crippen LogP contribution in [-0.4, -0.2) is 22.1 Å². The number of amides is 2. The van der Waals surface area contributed by atoms with Gasteiger partial charge in [0, 0.05) is 17.8 Å². The summed E-state index contributed by atoms with van der Waals surface area (Å²) in [5.41, 5.74) is 1.68. The van der Waals surface area contributed by atoms with E-state index in [1.54, 1.807) is 6.20 Å². The third-order valence-electron chi connectivity index (χ3n) is 2.60. The van der Waals surface area contributed by atoms with E-state index in [1.165, 1.54) is 4.90 Å². The van der Waals surface area contributed by atoms with Crippen LogP contribution in [0.4, 0.5) is 4.79 Å². The second-order valence-corrected chi connectivity index (χ2v) is 4.33. The first kappa shape index (κ1) is 11.7. The van der Waals surface area contributed by atoms with Crippen LogP contribution in [0.15, 0.2) is 30.5 Å². The molecule has 2 N–H and O–H groups in total. The van der Waals surface area contributed by atoms with Gasteiger partial charge in [-0.15, -0.1) is 0 Å². The molecule has 2 rings (SSSR count). The number of rotatable bonds is 1. The lowest BCUT2D eigenvalue weighted by Crippen LogP contribution is -2.42. The summed E-state index contributed by atoms with van der Waals surface area (Å²) in [6, 6.07) is 7.23. The smallest absolute Gasteiger partial charge is 0.324 e. The van der Waals surface area contributed by atoms with Gasteiger partial charge < -0.3 is 10.4 Å². The van der Waals surface area contributed by atoms with E-state index < -0.39 is 6.23 Å². The highest BCUT2D eigenvalue weighted by Crippen LogP contribution is 2.27. The van der Waals surface area contributed by atoms with E-state index in [9.17, 15) is 9.90 Å². The van der Waals surface area contributed by atoms with E-state index in [-0.39, 0.29) is 12.1 Å². The first-order chi connectivity index (χ1) is 8.09. The van der Waals surface area contributed by atoms with Crippen LogP contribution in [0.1, 0.15) is 31.2 Å². The first-order valence-electron chi connectivity index (χ1n) is 5.63. The summed E-state index contributed by atoms with van der Waals surface area (Å²) in [6.07, 6.45) is 2.50. The van der Waals surface area contributed by atoms with Crippen LogP contribution in [0.3, 0.4) is 0 Å². The summed E-state index contributed by atoms with van der Waals surface area (Å²) < 4.78 is 0. The summed E-state index contributed by atoms with van der Waals surface area (Å²) in [5.74, 6) is 0. The van der Waals surface area contributed by atoms with Crippen LogP contribution in [0.2, 0.25) is 0 Å².